The fourth-order valence-electron chi connectivity index (χ4n) is 4.53. The van der Waals surface area contributed by atoms with Crippen LogP contribution >= 0.6 is 0 Å². The summed E-state index contributed by atoms with van der Waals surface area (Å²) in [5.41, 5.74) is 2.92. The minimum atomic E-state index is -0.356. The predicted octanol–water partition coefficient (Wildman–Crippen LogP) is 5.23. The third-order valence-electron chi connectivity index (χ3n) is 6.40. The van der Waals surface area contributed by atoms with Gasteiger partial charge in [0.25, 0.3) is 17.7 Å². The molecule has 0 unspecified atom stereocenters. The van der Waals surface area contributed by atoms with Gasteiger partial charge in [-0.3, -0.25) is 19.3 Å². The molecule has 1 saturated heterocycles. The van der Waals surface area contributed by atoms with Crippen LogP contribution in [0.3, 0.4) is 0 Å². The van der Waals surface area contributed by atoms with Crippen molar-refractivity contribution in [3.63, 3.8) is 0 Å². The van der Waals surface area contributed by atoms with Crippen LogP contribution in [0.5, 0.6) is 0 Å². The fraction of sp³-hybridized carbons (Fsp3) is 0.444. The molecule has 0 bridgehead atoms. The van der Waals surface area contributed by atoms with Crippen LogP contribution in [0.1, 0.15) is 88.5 Å². The van der Waals surface area contributed by atoms with Crippen molar-refractivity contribution in [1.82, 2.24) is 4.90 Å². The molecule has 0 aliphatic carbocycles. The summed E-state index contributed by atoms with van der Waals surface area (Å²) in [7, 11) is 0. The first kappa shape index (κ1) is 23.2. The smallest absolute Gasteiger partial charge is 0.261 e. The summed E-state index contributed by atoms with van der Waals surface area (Å²) in [4.78, 5) is 39.7. The van der Waals surface area contributed by atoms with E-state index in [-0.39, 0.29) is 35.9 Å². The third kappa shape index (κ3) is 5.50. The molecule has 0 spiro atoms. The van der Waals surface area contributed by atoms with Crippen molar-refractivity contribution < 1.29 is 19.1 Å². The van der Waals surface area contributed by atoms with Crippen molar-refractivity contribution in [2.45, 2.75) is 64.4 Å². The van der Waals surface area contributed by atoms with E-state index in [1.165, 1.54) is 42.2 Å². The summed E-state index contributed by atoms with van der Waals surface area (Å²) >= 11 is 0. The van der Waals surface area contributed by atoms with Gasteiger partial charge in [0.05, 0.1) is 23.8 Å². The molecule has 2 aromatic carbocycles. The minimum absolute atomic E-state index is 0.103. The number of amides is 3. The maximum atomic E-state index is 12.9. The van der Waals surface area contributed by atoms with E-state index in [1.54, 1.807) is 12.1 Å². The summed E-state index contributed by atoms with van der Waals surface area (Å²) < 4.78 is 5.58. The summed E-state index contributed by atoms with van der Waals surface area (Å²) in [5.74, 6) is -0.968. The number of aryl methyl sites for hydroxylation is 1. The summed E-state index contributed by atoms with van der Waals surface area (Å²) in [5, 5.41) is 2.93. The SMILES string of the molecule is CCCCCCCc1cccc(NC(=O)c2ccc3c(c2)C(=O)N(C[C@H]2CCCO2)C3=O)c1. The summed E-state index contributed by atoms with van der Waals surface area (Å²) in [6, 6.07) is 12.6. The van der Waals surface area contributed by atoms with E-state index in [2.05, 4.69) is 18.3 Å². The molecule has 174 valence electrons. The normalized spacial score (nSPS) is 17.5. The van der Waals surface area contributed by atoms with Crippen molar-refractivity contribution in [1.29, 1.82) is 0 Å². The molecule has 1 atom stereocenters. The van der Waals surface area contributed by atoms with E-state index < -0.39 is 0 Å². The molecule has 0 saturated carbocycles. The second-order valence-corrected chi connectivity index (χ2v) is 8.94. The summed E-state index contributed by atoms with van der Waals surface area (Å²) in [6.45, 7) is 3.14. The highest BCUT2D eigenvalue weighted by Crippen LogP contribution is 2.26. The average Bonchev–Trinajstić information content (AvgIpc) is 3.42. The zero-order valence-electron chi connectivity index (χ0n) is 19.3. The molecule has 2 aliphatic rings. The van der Waals surface area contributed by atoms with E-state index in [4.69, 9.17) is 4.74 Å². The molecule has 2 aromatic rings. The largest absolute Gasteiger partial charge is 0.376 e. The Bertz CT molecular complexity index is 1030. The first-order valence-corrected chi connectivity index (χ1v) is 12.1. The van der Waals surface area contributed by atoms with Crippen LogP contribution in [0.25, 0.3) is 0 Å². The molecular formula is C27H32N2O4. The highest BCUT2D eigenvalue weighted by molar-refractivity contribution is 6.22. The molecule has 2 heterocycles. The van der Waals surface area contributed by atoms with Crippen LogP contribution in [-0.4, -0.2) is 41.9 Å². The standard InChI is InChI=1S/C27H32N2O4/c1-2-3-4-5-6-9-19-10-7-11-21(16-19)28-25(30)20-13-14-23-24(17-20)27(32)29(26(23)31)18-22-12-8-15-33-22/h7,10-11,13-14,16-17,22H,2-6,8-9,12,15,18H2,1H3,(H,28,30)/t22-/m1/s1. The predicted molar refractivity (Wildman–Crippen MR) is 128 cm³/mol. The van der Waals surface area contributed by atoms with Gasteiger partial charge in [0.1, 0.15) is 0 Å². The van der Waals surface area contributed by atoms with Crippen LogP contribution in [0.2, 0.25) is 0 Å². The topological polar surface area (TPSA) is 75.7 Å². The second-order valence-electron chi connectivity index (χ2n) is 8.94. The lowest BCUT2D eigenvalue weighted by Crippen LogP contribution is -2.36. The molecule has 0 aromatic heterocycles. The van der Waals surface area contributed by atoms with E-state index in [0.29, 0.717) is 17.7 Å². The Balaban J connectivity index is 1.39. The van der Waals surface area contributed by atoms with Gasteiger partial charge in [-0.2, -0.15) is 0 Å². The van der Waals surface area contributed by atoms with Crippen LogP contribution in [0, 0.1) is 0 Å². The van der Waals surface area contributed by atoms with Gasteiger partial charge in [-0.1, -0.05) is 44.7 Å². The lowest BCUT2D eigenvalue weighted by Gasteiger charge is -2.17. The molecule has 0 radical (unpaired) electrons. The number of unbranched alkanes of at least 4 members (excludes halogenated alkanes) is 4. The van der Waals surface area contributed by atoms with Crippen molar-refractivity contribution in [3.8, 4) is 0 Å². The van der Waals surface area contributed by atoms with Gasteiger partial charge in [0, 0.05) is 17.9 Å². The number of hydrogen-bond donors (Lipinski definition) is 1. The number of nitrogens with one attached hydrogen (secondary N) is 1. The van der Waals surface area contributed by atoms with E-state index in [1.807, 2.05) is 18.2 Å². The highest BCUT2D eigenvalue weighted by atomic mass is 16.5. The van der Waals surface area contributed by atoms with Crippen molar-refractivity contribution in [2.75, 3.05) is 18.5 Å². The van der Waals surface area contributed by atoms with Crippen molar-refractivity contribution in [3.05, 3.63) is 64.7 Å². The Labute approximate surface area is 195 Å². The Morgan fingerprint density at radius 3 is 2.64 bits per heavy atom. The van der Waals surface area contributed by atoms with Gasteiger partial charge >= 0.3 is 0 Å². The Kier molecular flexibility index (Phi) is 7.55. The van der Waals surface area contributed by atoms with Gasteiger partial charge < -0.3 is 10.1 Å². The zero-order valence-corrected chi connectivity index (χ0v) is 19.3. The molecule has 33 heavy (non-hydrogen) atoms. The molecule has 1 fully saturated rings. The number of imide groups is 1. The maximum Gasteiger partial charge on any atom is 0.261 e. The molecule has 3 amide bonds. The number of ether oxygens (including phenoxy) is 1. The lowest BCUT2D eigenvalue weighted by atomic mass is 10.0. The van der Waals surface area contributed by atoms with E-state index >= 15 is 0 Å². The van der Waals surface area contributed by atoms with E-state index in [0.717, 1.165) is 31.4 Å². The number of hydrogen-bond acceptors (Lipinski definition) is 4. The average molecular weight is 449 g/mol. The van der Waals surface area contributed by atoms with Gasteiger partial charge in [-0.25, -0.2) is 0 Å². The lowest BCUT2D eigenvalue weighted by molar-refractivity contribution is 0.0475. The maximum absolute atomic E-state index is 12.9. The first-order valence-electron chi connectivity index (χ1n) is 12.1. The number of rotatable bonds is 10. The van der Waals surface area contributed by atoms with Crippen molar-refractivity contribution in [2.24, 2.45) is 0 Å². The Morgan fingerprint density at radius 2 is 1.85 bits per heavy atom. The Morgan fingerprint density at radius 1 is 1.03 bits per heavy atom. The van der Waals surface area contributed by atoms with Gasteiger partial charge in [0.15, 0.2) is 0 Å². The van der Waals surface area contributed by atoms with E-state index in [9.17, 15) is 14.4 Å². The Hall–Kier alpha value is -2.99. The number of anilines is 1. The fourth-order valence-corrected chi connectivity index (χ4v) is 4.53. The van der Waals surface area contributed by atoms with Crippen LogP contribution in [0.4, 0.5) is 5.69 Å². The third-order valence-corrected chi connectivity index (χ3v) is 6.40. The molecular weight excluding hydrogens is 416 g/mol. The van der Waals surface area contributed by atoms with Crippen molar-refractivity contribution >= 4 is 23.4 Å². The second kappa shape index (κ2) is 10.8. The number of carbonyl (C=O) groups excluding carboxylic acids is 3. The number of nitrogens with zero attached hydrogens (tertiary/aromatic N) is 1. The van der Waals surface area contributed by atoms with Crippen LogP contribution in [-0.2, 0) is 11.2 Å². The first-order chi connectivity index (χ1) is 16.1. The zero-order chi connectivity index (χ0) is 23.2. The molecule has 2 aliphatic heterocycles. The summed E-state index contributed by atoms with van der Waals surface area (Å²) in [6.07, 6.45) is 8.80. The molecule has 4 rings (SSSR count). The monoisotopic (exact) mass is 448 g/mol. The van der Waals surface area contributed by atoms with Gasteiger partial charge in [0.2, 0.25) is 0 Å². The van der Waals surface area contributed by atoms with Gasteiger partial charge in [-0.05, 0) is 61.6 Å². The highest BCUT2D eigenvalue weighted by Gasteiger charge is 2.37. The molecule has 6 heteroatoms. The van der Waals surface area contributed by atoms with Crippen LogP contribution < -0.4 is 5.32 Å². The number of carbonyl (C=O) groups is 3. The quantitative estimate of drug-likeness (QED) is 0.399. The minimum Gasteiger partial charge on any atom is -0.376 e. The molecule has 1 N–H and O–H groups in total. The number of benzene rings is 2. The molecule has 6 nitrogen and oxygen atoms in total. The van der Waals surface area contributed by atoms with Gasteiger partial charge in [-0.15, -0.1) is 0 Å². The number of fused-ring (bicyclic) bond motifs is 1. The van der Waals surface area contributed by atoms with Crippen LogP contribution in [0.15, 0.2) is 42.5 Å².